The Balaban J connectivity index is 1.89. The number of ether oxygens (including phenoxy) is 2. The molecule has 0 radical (unpaired) electrons. The minimum absolute atomic E-state index is 0.377. The van der Waals surface area contributed by atoms with E-state index in [4.69, 9.17) is 9.47 Å². The Morgan fingerprint density at radius 3 is 3.11 bits per heavy atom. The number of methoxy groups -OCH3 is 1. The lowest BCUT2D eigenvalue weighted by atomic mass is 10.1. The molecule has 1 aliphatic rings. The van der Waals surface area contributed by atoms with Gasteiger partial charge in [0.15, 0.2) is 0 Å². The fraction of sp³-hybridized carbons (Fsp3) is 0.571. The summed E-state index contributed by atoms with van der Waals surface area (Å²) in [5.41, 5.74) is 2.55. The molecule has 1 aromatic carbocycles. The van der Waals surface area contributed by atoms with Crippen LogP contribution in [0.4, 0.5) is 0 Å². The number of benzene rings is 1. The van der Waals surface area contributed by atoms with Crippen molar-refractivity contribution in [3.8, 4) is 5.75 Å². The second-order valence-corrected chi connectivity index (χ2v) is 4.85. The van der Waals surface area contributed by atoms with Gasteiger partial charge in [0, 0.05) is 26.6 Å². The third kappa shape index (κ3) is 3.45. The van der Waals surface area contributed by atoms with Gasteiger partial charge in [-0.05, 0) is 24.2 Å². The molecule has 0 saturated heterocycles. The van der Waals surface area contributed by atoms with Crippen LogP contribution >= 0.6 is 0 Å². The molecule has 4 heteroatoms. The van der Waals surface area contributed by atoms with Crippen molar-refractivity contribution in [3.63, 3.8) is 0 Å². The first kappa shape index (κ1) is 13.3. The molecule has 0 amide bonds. The van der Waals surface area contributed by atoms with Gasteiger partial charge in [0.25, 0.3) is 0 Å². The van der Waals surface area contributed by atoms with Crippen LogP contribution in [-0.2, 0) is 17.7 Å². The predicted molar refractivity (Wildman–Crippen MR) is 69.9 cm³/mol. The predicted octanol–water partition coefficient (Wildman–Crippen LogP) is 1.06. The Hall–Kier alpha value is -1.10. The zero-order valence-corrected chi connectivity index (χ0v) is 11.1. The van der Waals surface area contributed by atoms with Crippen LogP contribution in [-0.4, -0.2) is 50.0 Å². The molecule has 1 aromatic rings. The Morgan fingerprint density at radius 1 is 1.50 bits per heavy atom. The number of hydrogen-bond donors (Lipinski definition) is 1. The summed E-state index contributed by atoms with van der Waals surface area (Å²) < 4.78 is 10.4. The maximum absolute atomic E-state index is 9.67. The van der Waals surface area contributed by atoms with Gasteiger partial charge in [-0.2, -0.15) is 0 Å². The highest BCUT2D eigenvalue weighted by Crippen LogP contribution is 2.26. The minimum Gasteiger partial charge on any atom is -0.493 e. The van der Waals surface area contributed by atoms with Crippen LogP contribution in [0.5, 0.6) is 5.75 Å². The van der Waals surface area contributed by atoms with E-state index in [1.807, 2.05) is 13.1 Å². The van der Waals surface area contributed by atoms with E-state index in [1.54, 1.807) is 7.11 Å². The van der Waals surface area contributed by atoms with Crippen molar-refractivity contribution < 1.29 is 14.6 Å². The fourth-order valence-corrected chi connectivity index (χ4v) is 2.32. The molecule has 18 heavy (non-hydrogen) atoms. The quantitative estimate of drug-likeness (QED) is 0.821. The summed E-state index contributed by atoms with van der Waals surface area (Å²) in [6, 6.07) is 6.32. The molecule has 0 spiro atoms. The third-order valence-electron chi connectivity index (χ3n) is 3.09. The van der Waals surface area contributed by atoms with Crippen molar-refractivity contribution in [1.29, 1.82) is 0 Å². The Labute approximate surface area is 108 Å². The van der Waals surface area contributed by atoms with Gasteiger partial charge in [-0.1, -0.05) is 12.1 Å². The van der Waals surface area contributed by atoms with Crippen LogP contribution in [0.2, 0.25) is 0 Å². The van der Waals surface area contributed by atoms with E-state index in [0.29, 0.717) is 13.2 Å². The maximum Gasteiger partial charge on any atom is 0.122 e. The second-order valence-electron chi connectivity index (χ2n) is 4.85. The van der Waals surface area contributed by atoms with E-state index in [-0.39, 0.29) is 0 Å². The molecule has 1 heterocycles. The Bertz CT molecular complexity index is 395. The number of aliphatic hydroxyl groups excluding tert-OH is 1. The van der Waals surface area contributed by atoms with E-state index in [2.05, 4.69) is 17.0 Å². The van der Waals surface area contributed by atoms with Crippen molar-refractivity contribution in [3.05, 3.63) is 29.3 Å². The molecule has 0 aromatic heterocycles. The highest BCUT2D eigenvalue weighted by Gasteiger charge is 2.13. The highest BCUT2D eigenvalue weighted by molar-refractivity contribution is 5.39. The second kappa shape index (κ2) is 6.18. The van der Waals surface area contributed by atoms with Gasteiger partial charge in [-0.15, -0.1) is 0 Å². The summed E-state index contributed by atoms with van der Waals surface area (Å²) in [5, 5.41) is 9.67. The van der Waals surface area contributed by atoms with Crippen LogP contribution in [0.3, 0.4) is 0 Å². The van der Waals surface area contributed by atoms with Gasteiger partial charge in [-0.3, -0.25) is 4.90 Å². The molecule has 2 rings (SSSR count). The summed E-state index contributed by atoms with van der Waals surface area (Å²) in [6.45, 7) is 2.61. The van der Waals surface area contributed by atoms with E-state index >= 15 is 0 Å². The van der Waals surface area contributed by atoms with E-state index in [1.165, 1.54) is 11.1 Å². The van der Waals surface area contributed by atoms with Crippen LogP contribution in [0.25, 0.3) is 0 Å². The molecule has 0 bridgehead atoms. The van der Waals surface area contributed by atoms with Crippen LogP contribution in [0.1, 0.15) is 11.1 Å². The zero-order valence-electron chi connectivity index (χ0n) is 11.1. The lowest BCUT2D eigenvalue weighted by Crippen LogP contribution is -2.31. The first-order chi connectivity index (χ1) is 8.69. The van der Waals surface area contributed by atoms with Gasteiger partial charge < -0.3 is 14.6 Å². The number of aliphatic hydroxyl groups is 1. The summed E-state index contributed by atoms with van der Waals surface area (Å²) in [6.07, 6.45) is 0.567. The number of likely N-dealkylation sites (N-methyl/N-ethyl adjacent to an activating group) is 1. The molecule has 0 fully saturated rings. The Kier molecular flexibility index (Phi) is 4.58. The van der Waals surface area contributed by atoms with Crippen molar-refractivity contribution in [2.75, 3.05) is 33.9 Å². The average molecular weight is 251 g/mol. The molecular formula is C14H21NO3. The molecule has 1 atom stereocenters. The van der Waals surface area contributed by atoms with E-state index in [0.717, 1.165) is 25.3 Å². The van der Waals surface area contributed by atoms with Gasteiger partial charge in [0.2, 0.25) is 0 Å². The van der Waals surface area contributed by atoms with Gasteiger partial charge in [0.05, 0.1) is 19.3 Å². The van der Waals surface area contributed by atoms with Crippen molar-refractivity contribution in [2.45, 2.75) is 19.1 Å². The molecule has 1 aliphatic heterocycles. The first-order valence-electron chi connectivity index (χ1n) is 6.29. The van der Waals surface area contributed by atoms with Gasteiger partial charge >= 0.3 is 0 Å². The van der Waals surface area contributed by atoms with E-state index in [9.17, 15) is 5.11 Å². The molecule has 0 saturated carbocycles. The number of rotatable bonds is 6. The van der Waals surface area contributed by atoms with Crippen molar-refractivity contribution in [1.82, 2.24) is 4.90 Å². The van der Waals surface area contributed by atoms with Crippen molar-refractivity contribution >= 4 is 0 Å². The molecule has 100 valence electrons. The average Bonchev–Trinajstić information content (AvgIpc) is 2.76. The fourth-order valence-electron chi connectivity index (χ4n) is 2.32. The number of fused-ring (bicyclic) bond motifs is 1. The summed E-state index contributed by atoms with van der Waals surface area (Å²) in [4.78, 5) is 2.10. The Morgan fingerprint density at radius 2 is 2.33 bits per heavy atom. The molecular weight excluding hydrogens is 230 g/mol. The third-order valence-corrected chi connectivity index (χ3v) is 3.09. The van der Waals surface area contributed by atoms with Crippen LogP contribution < -0.4 is 4.74 Å². The number of nitrogens with zero attached hydrogens (tertiary/aromatic N) is 1. The summed E-state index contributed by atoms with van der Waals surface area (Å²) >= 11 is 0. The van der Waals surface area contributed by atoms with Crippen molar-refractivity contribution in [2.24, 2.45) is 0 Å². The molecule has 1 unspecified atom stereocenters. The van der Waals surface area contributed by atoms with Gasteiger partial charge in [-0.25, -0.2) is 0 Å². The monoisotopic (exact) mass is 251 g/mol. The lowest BCUT2D eigenvalue weighted by molar-refractivity contribution is 0.0419. The first-order valence-corrected chi connectivity index (χ1v) is 6.29. The number of hydrogen-bond acceptors (Lipinski definition) is 4. The summed E-state index contributed by atoms with van der Waals surface area (Å²) in [7, 11) is 3.60. The lowest BCUT2D eigenvalue weighted by Gasteiger charge is -2.20. The largest absolute Gasteiger partial charge is 0.493 e. The standard InChI is InChI=1S/C14H21NO3/c1-15(9-13(16)10-17-2)8-11-3-4-14-12(7-11)5-6-18-14/h3-4,7,13,16H,5-6,8-10H2,1-2H3. The van der Waals surface area contributed by atoms with Gasteiger partial charge in [0.1, 0.15) is 5.75 Å². The molecule has 0 aliphatic carbocycles. The minimum atomic E-state index is -0.433. The zero-order chi connectivity index (χ0) is 13.0. The van der Waals surface area contributed by atoms with Crippen LogP contribution in [0, 0.1) is 0 Å². The van der Waals surface area contributed by atoms with Crippen LogP contribution in [0.15, 0.2) is 18.2 Å². The summed E-state index contributed by atoms with van der Waals surface area (Å²) in [5.74, 6) is 1.01. The normalized spacial score (nSPS) is 15.6. The molecule has 4 nitrogen and oxygen atoms in total. The highest BCUT2D eigenvalue weighted by atomic mass is 16.5. The maximum atomic E-state index is 9.67. The molecule has 1 N–H and O–H groups in total. The smallest absolute Gasteiger partial charge is 0.122 e. The van der Waals surface area contributed by atoms with E-state index < -0.39 is 6.10 Å². The SMILES string of the molecule is COCC(O)CN(C)Cc1ccc2c(c1)CCO2. The topological polar surface area (TPSA) is 41.9 Å².